The summed E-state index contributed by atoms with van der Waals surface area (Å²) in [7, 11) is 0. The Bertz CT molecular complexity index is 986. The Hall–Kier alpha value is -2.15. The van der Waals surface area contributed by atoms with E-state index in [9.17, 15) is 9.90 Å². The lowest BCUT2D eigenvalue weighted by atomic mass is 10.0. The molecular weight excluding hydrogens is 448 g/mol. The van der Waals surface area contributed by atoms with Crippen LogP contribution in [0.2, 0.25) is 5.02 Å². The highest BCUT2D eigenvalue weighted by Gasteiger charge is 2.15. The number of rotatable bonds is 4. The first kappa shape index (κ1) is 19.6. The third-order valence-corrected chi connectivity index (χ3v) is 6.47. The van der Waals surface area contributed by atoms with Gasteiger partial charge >= 0.3 is 0 Å². The number of benzene rings is 2. The Morgan fingerprint density at radius 3 is 2.56 bits per heavy atom. The molecule has 0 unspecified atom stereocenters. The van der Waals surface area contributed by atoms with Crippen molar-refractivity contribution in [2.75, 3.05) is 5.32 Å². The lowest BCUT2D eigenvalue weighted by molar-refractivity contribution is 0.103. The van der Waals surface area contributed by atoms with Gasteiger partial charge in [0.15, 0.2) is 0 Å². The summed E-state index contributed by atoms with van der Waals surface area (Å²) in [6.45, 7) is 3.68. The lowest BCUT2D eigenvalue weighted by Gasteiger charge is -2.12. The molecule has 0 aliphatic rings. The first-order chi connectivity index (χ1) is 12.9. The van der Waals surface area contributed by atoms with Crippen LogP contribution in [-0.4, -0.2) is 17.2 Å². The fourth-order valence-electron chi connectivity index (χ4n) is 2.50. The zero-order valence-electron chi connectivity index (χ0n) is 14.6. The number of aliphatic imine (C=N–C) groups is 1. The van der Waals surface area contributed by atoms with Gasteiger partial charge in [-0.05, 0) is 76.6 Å². The zero-order valence-corrected chi connectivity index (χ0v) is 17.7. The molecule has 1 amide bonds. The van der Waals surface area contributed by atoms with Gasteiger partial charge in [0.25, 0.3) is 5.91 Å². The van der Waals surface area contributed by atoms with E-state index in [2.05, 4.69) is 26.2 Å². The molecule has 0 aliphatic carbocycles. The van der Waals surface area contributed by atoms with Crippen molar-refractivity contribution < 1.29 is 9.90 Å². The topological polar surface area (TPSA) is 61.7 Å². The van der Waals surface area contributed by atoms with Crippen LogP contribution in [-0.2, 0) is 0 Å². The molecule has 1 heterocycles. The van der Waals surface area contributed by atoms with Gasteiger partial charge in [0.05, 0.1) is 15.0 Å². The van der Waals surface area contributed by atoms with Crippen LogP contribution in [0.25, 0.3) is 0 Å². The smallest absolute Gasteiger partial charge is 0.265 e. The van der Waals surface area contributed by atoms with E-state index in [-0.39, 0.29) is 11.7 Å². The number of nitrogens with zero attached hydrogens (tertiary/aromatic N) is 1. The summed E-state index contributed by atoms with van der Waals surface area (Å²) in [4.78, 5) is 17.1. The Labute approximate surface area is 174 Å². The van der Waals surface area contributed by atoms with E-state index >= 15 is 0 Å². The number of phenolic OH excluding ortho intramolecular Hbond substituents is 1. The predicted molar refractivity (Wildman–Crippen MR) is 116 cm³/mol. The number of anilines is 1. The van der Waals surface area contributed by atoms with Crippen molar-refractivity contribution in [1.29, 1.82) is 0 Å². The van der Waals surface area contributed by atoms with Gasteiger partial charge in [-0.3, -0.25) is 9.79 Å². The number of carbonyl (C=O) groups excluding carboxylic acids is 1. The fraction of sp³-hybridized carbons (Fsp3) is 0.100. The molecule has 0 bridgehead atoms. The second-order valence-electron chi connectivity index (χ2n) is 5.88. The molecule has 3 aromatic rings. The highest BCUT2D eigenvalue weighted by atomic mass is 79.9. The van der Waals surface area contributed by atoms with Crippen molar-refractivity contribution in [3.05, 3.63) is 72.8 Å². The minimum absolute atomic E-state index is 0.109. The summed E-state index contributed by atoms with van der Waals surface area (Å²) in [6.07, 6.45) is 1.58. The predicted octanol–water partition coefficient (Wildman–Crippen LogP) is 6.49. The Balaban J connectivity index is 1.78. The number of hydrogen-bond donors (Lipinski definition) is 2. The van der Waals surface area contributed by atoms with E-state index < -0.39 is 0 Å². The molecule has 0 fully saturated rings. The maximum Gasteiger partial charge on any atom is 0.265 e. The summed E-state index contributed by atoms with van der Waals surface area (Å²) >= 11 is 11.1. The van der Waals surface area contributed by atoms with Gasteiger partial charge in [-0.1, -0.05) is 17.7 Å². The maximum atomic E-state index is 12.1. The van der Waals surface area contributed by atoms with Gasteiger partial charge in [-0.2, -0.15) is 0 Å². The SMILES string of the molecule is Cc1c(Cl)c(C)c(C=Nc2ccc(NC(=O)c3cccs3)cc2)c(O)c1Br. The van der Waals surface area contributed by atoms with Gasteiger partial charge in [0.2, 0.25) is 0 Å². The molecule has 7 heteroatoms. The number of phenols is 1. The van der Waals surface area contributed by atoms with Crippen molar-refractivity contribution in [1.82, 2.24) is 0 Å². The number of halogens is 2. The molecule has 0 radical (unpaired) electrons. The molecular formula is C20H16BrClN2O2S. The van der Waals surface area contributed by atoms with E-state index in [0.717, 1.165) is 11.1 Å². The van der Waals surface area contributed by atoms with E-state index in [0.29, 0.717) is 31.3 Å². The van der Waals surface area contributed by atoms with Crippen LogP contribution in [0.4, 0.5) is 11.4 Å². The molecule has 3 rings (SSSR count). The largest absolute Gasteiger partial charge is 0.506 e. The van der Waals surface area contributed by atoms with Gasteiger partial charge < -0.3 is 10.4 Å². The average molecular weight is 464 g/mol. The second kappa shape index (κ2) is 8.25. The summed E-state index contributed by atoms with van der Waals surface area (Å²) in [5.74, 6) is -0.0288. The summed E-state index contributed by atoms with van der Waals surface area (Å²) in [5.41, 5.74) is 3.49. The zero-order chi connectivity index (χ0) is 19.6. The number of thiophene rings is 1. The van der Waals surface area contributed by atoms with Gasteiger partial charge in [0, 0.05) is 22.5 Å². The van der Waals surface area contributed by atoms with Crippen LogP contribution in [0.1, 0.15) is 26.4 Å². The molecule has 0 atom stereocenters. The van der Waals surface area contributed by atoms with E-state index in [4.69, 9.17) is 11.6 Å². The standard InChI is InChI=1S/C20H16BrClN2O2S/c1-11-15(19(25)17(21)12(2)18(11)22)10-23-13-5-7-14(8-6-13)24-20(26)16-4-3-9-27-16/h3-10,25H,1-2H3,(H,24,26). The highest BCUT2D eigenvalue weighted by Crippen LogP contribution is 2.38. The van der Waals surface area contributed by atoms with Crippen molar-refractivity contribution in [3.63, 3.8) is 0 Å². The van der Waals surface area contributed by atoms with Crippen molar-refractivity contribution in [3.8, 4) is 5.75 Å². The second-order valence-corrected chi connectivity index (χ2v) is 8.00. The third-order valence-electron chi connectivity index (χ3n) is 4.07. The van der Waals surface area contributed by atoms with Crippen LogP contribution in [0.3, 0.4) is 0 Å². The number of hydrogen-bond acceptors (Lipinski definition) is 4. The quantitative estimate of drug-likeness (QED) is 0.434. The van der Waals surface area contributed by atoms with Crippen LogP contribution in [0, 0.1) is 13.8 Å². The van der Waals surface area contributed by atoms with Gasteiger partial charge in [-0.15, -0.1) is 11.3 Å². The van der Waals surface area contributed by atoms with Crippen LogP contribution < -0.4 is 5.32 Å². The number of aromatic hydroxyl groups is 1. The summed E-state index contributed by atoms with van der Waals surface area (Å²) < 4.78 is 0.561. The number of nitrogens with one attached hydrogen (secondary N) is 1. The third kappa shape index (κ3) is 4.24. The molecule has 27 heavy (non-hydrogen) atoms. The molecule has 2 aromatic carbocycles. The first-order valence-corrected chi connectivity index (χ1v) is 10.1. The minimum Gasteiger partial charge on any atom is -0.506 e. The Morgan fingerprint density at radius 1 is 1.22 bits per heavy atom. The highest BCUT2D eigenvalue weighted by molar-refractivity contribution is 9.10. The fourth-order valence-corrected chi connectivity index (χ4v) is 3.84. The summed E-state index contributed by atoms with van der Waals surface area (Å²) in [5, 5.41) is 15.6. The molecule has 1 aromatic heterocycles. The van der Waals surface area contributed by atoms with Gasteiger partial charge in [0.1, 0.15) is 5.75 Å². The molecule has 0 saturated carbocycles. The Kier molecular flexibility index (Phi) is 5.99. The van der Waals surface area contributed by atoms with E-state index in [1.165, 1.54) is 11.3 Å². The molecule has 4 nitrogen and oxygen atoms in total. The number of amides is 1. The maximum absolute atomic E-state index is 12.1. The molecule has 0 saturated heterocycles. The lowest BCUT2D eigenvalue weighted by Crippen LogP contribution is -2.09. The average Bonchev–Trinajstić information content (AvgIpc) is 3.21. The van der Waals surface area contributed by atoms with Crippen molar-refractivity contribution >= 4 is 62.4 Å². The normalized spacial score (nSPS) is 11.1. The van der Waals surface area contributed by atoms with E-state index in [1.54, 1.807) is 36.5 Å². The molecule has 0 spiro atoms. The summed E-state index contributed by atoms with van der Waals surface area (Å²) in [6, 6.07) is 10.8. The molecule has 0 aliphatic heterocycles. The van der Waals surface area contributed by atoms with Crippen LogP contribution in [0.5, 0.6) is 5.75 Å². The van der Waals surface area contributed by atoms with Gasteiger partial charge in [-0.25, -0.2) is 0 Å². The van der Waals surface area contributed by atoms with Crippen LogP contribution in [0.15, 0.2) is 51.2 Å². The first-order valence-electron chi connectivity index (χ1n) is 8.04. The van der Waals surface area contributed by atoms with Crippen molar-refractivity contribution in [2.45, 2.75) is 13.8 Å². The molecule has 138 valence electrons. The molecule has 2 N–H and O–H groups in total. The van der Waals surface area contributed by atoms with Crippen molar-refractivity contribution in [2.24, 2.45) is 4.99 Å². The monoisotopic (exact) mass is 462 g/mol. The van der Waals surface area contributed by atoms with Crippen LogP contribution >= 0.6 is 38.9 Å². The van der Waals surface area contributed by atoms with E-state index in [1.807, 2.05) is 25.3 Å². The Morgan fingerprint density at radius 2 is 1.93 bits per heavy atom. The minimum atomic E-state index is -0.138. The number of carbonyl (C=O) groups is 1.